The van der Waals surface area contributed by atoms with Crippen LogP contribution in [0.3, 0.4) is 0 Å². The first-order valence-corrected chi connectivity index (χ1v) is 10.7. The van der Waals surface area contributed by atoms with Crippen LogP contribution in [0.15, 0.2) is 66.9 Å². The molecule has 4 rings (SSSR count). The molecule has 0 radical (unpaired) electrons. The van der Waals surface area contributed by atoms with Gasteiger partial charge in [-0.25, -0.2) is 9.78 Å². The summed E-state index contributed by atoms with van der Waals surface area (Å²) in [5.41, 5.74) is 1.94. The van der Waals surface area contributed by atoms with Crippen molar-refractivity contribution in [1.82, 2.24) is 14.8 Å². The highest BCUT2D eigenvalue weighted by molar-refractivity contribution is 6.00. The number of pyridine rings is 1. The zero-order chi connectivity index (χ0) is 23.2. The number of aryl methyl sites for hydroxylation is 1. The van der Waals surface area contributed by atoms with E-state index in [4.69, 9.17) is 9.47 Å². The molecule has 0 fully saturated rings. The Labute approximate surface area is 191 Å². The van der Waals surface area contributed by atoms with Crippen LogP contribution in [0.1, 0.15) is 29.3 Å². The van der Waals surface area contributed by atoms with Crippen molar-refractivity contribution in [1.29, 1.82) is 0 Å². The van der Waals surface area contributed by atoms with Gasteiger partial charge in [-0.1, -0.05) is 36.4 Å². The third-order valence-electron chi connectivity index (χ3n) is 4.99. The Morgan fingerprint density at radius 1 is 1.06 bits per heavy atom. The first kappa shape index (κ1) is 22.0. The van der Waals surface area contributed by atoms with Crippen molar-refractivity contribution in [3.63, 3.8) is 0 Å². The van der Waals surface area contributed by atoms with Crippen molar-refractivity contribution in [2.45, 2.75) is 20.3 Å². The number of rotatable bonds is 8. The Bertz CT molecular complexity index is 1280. The van der Waals surface area contributed by atoms with Crippen molar-refractivity contribution in [3.8, 4) is 11.6 Å². The van der Waals surface area contributed by atoms with E-state index in [1.54, 1.807) is 6.92 Å². The van der Waals surface area contributed by atoms with Crippen LogP contribution in [-0.4, -0.2) is 39.9 Å². The van der Waals surface area contributed by atoms with Gasteiger partial charge in [-0.3, -0.25) is 4.79 Å². The number of nitrogens with zero attached hydrogens (tertiary/aromatic N) is 3. The number of carbonyl (C=O) groups is 2. The number of carbonyl (C=O) groups excluding carboxylic acids is 2. The molecular weight excluding hydrogens is 420 g/mol. The minimum absolute atomic E-state index is 0.0898. The number of benzene rings is 2. The molecule has 0 bridgehead atoms. The highest BCUT2D eigenvalue weighted by atomic mass is 16.5. The summed E-state index contributed by atoms with van der Waals surface area (Å²) in [6.07, 6.45) is 1.47. The van der Waals surface area contributed by atoms with E-state index in [1.807, 2.05) is 67.6 Å². The fourth-order valence-corrected chi connectivity index (χ4v) is 3.41. The Hall–Kier alpha value is -4.20. The summed E-state index contributed by atoms with van der Waals surface area (Å²) < 4.78 is 12.2. The number of hydrogen-bond donors (Lipinski definition) is 1. The molecule has 2 heterocycles. The number of aromatic nitrogens is 3. The molecule has 2 aromatic carbocycles. The van der Waals surface area contributed by atoms with Crippen molar-refractivity contribution in [2.24, 2.45) is 0 Å². The second-order valence-electron chi connectivity index (χ2n) is 7.31. The molecule has 0 aliphatic rings. The topological polar surface area (TPSA) is 95.3 Å². The zero-order valence-corrected chi connectivity index (χ0v) is 18.4. The van der Waals surface area contributed by atoms with E-state index < -0.39 is 5.97 Å². The number of fused-ring (bicyclic) bond motifs is 1. The molecule has 8 nitrogen and oxygen atoms in total. The van der Waals surface area contributed by atoms with Gasteiger partial charge in [0.15, 0.2) is 11.6 Å². The van der Waals surface area contributed by atoms with Gasteiger partial charge in [-0.05, 0) is 43.7 Å². The number of para-hydroxylation sites is 2. The summed E-state index contributed by atoms with van der Waals surface area (Å²) in [7, 11) is 0. The molecule has 168 valence electrons. The van der Waals surface area contributed by atoms with E-state index in [-0.39, 0.29) is 36.9 Å². The normalized spacial score (nSPS) is 10.7. The summed E-state index contributed by atoms with van der Waals surface area (Å²) in [6.45, 7) is 4.08. The van der Waals surface area contributed by atoms with Crippen LogP contribution < -0.4 is 10.1 Å². The third kappa shape index (κ3) is 5.01. The molecule has 0 saturated carbocycles. The number of nitrogens with one attached hydrogen (secondary N) is 1. The van der Waals surface area contributed by atoms with E-state index in [0.717, 1.165) is 16.5 Å². The van der Waals surface area contributed by atoms with E-state index in [9.17, 15) is 9.59 Å². The molecule has 2 aromatic heterocycles. The quantitative estimate of drug-likeness (QED) is 0.407. The first-order chi connectivity index (χ1) is 16.1. The summed E-state index contributed by atoms with van der Waals surface area (Å²) in [5.74, 6) is 0.476. The van der Waals surface area contributed by atoms with Crippen LogP contribution in [0.2, 0.25) is 0 Å². The van der Waals surface area contributed by atoms with Crippen LogP contribution in [0.25, 0.3) is 16.7 Å². The zero-order valence-electron chi connectivity index (χ0n) is 18.4. The molecule has 33 heavy (non-hydrogen) atoms. The van der Waals surface area contributed by atoms with Crippen molar-refractivity contribution >= 4 is 28.6 Å². The van der Waals surface area contributed by atoms with Gasteiger partial charge in [-0.15, -0.1) is 0 Å². The molecule has 0 aliphatic carbocycles. The summed E-state index contributed by atoms with van der Waals surface area (Å²) in [5, 5.41) is 8.13. The van der Waals surface area contributed by atoms with Gasteiger partial charge >= 0.3 is 5.97 Å². The van der Waals surface area contributed by atoms with Crippen molar-refractivity contribution in [2.75, 3.05) is 18.5 Å². The number of ether oxygens (including phenoxy) is 2. The second-order valence-corrected chi connectivity index (χ2v) is 7.31. The van der Waals surface area contributed by atoms with Gasteiger partial charge in [-0.2, -0.15) is 9.78 Å². The van der Waals surface area contributed by atoms with Gasteiger partial charge in [0.1, 0.15) is 11.3 Å². The minimum Gasteiger partial charge on any atom is -0.493 e. The Morgan fingerprint density at radius 2 is 1.82 bits per heavy atom. The predicted octanol–water partition coefficient (Wildman–Crippen LogP) is 4.31. The fraction of sp³-hybridized carbons (Fsp3) is 0.200. The predicted molar refractivity (Wildman–Crippen MR) is 125 cm³/mol. The lowest BCUT2D eigenvalue weighted by Gasteiger charge is -2.12. The molecule has 0 saturated heterocycles. The number of anilines is 1. The van der Waals surface area contributed by atoms with Gasteiger partial charge < -0.3 is 14.8 Å². The van der Waals surface area contributed by atoms with Crippen LogP contribution >= 0.6 is 0 Å². The van der Waals surface area contributed by atoms with Crippen molar-refractivity contribution in [3.05, 3.63) is 78.0 Å². The SMILES string of the molecule is CCOC(=O)c1cnn(-c2cc(C)c3ccccc3n2)c1NC(=O)CCOc1ccccc1. The second kappa shape index (κ2) is 9.95. The van der Waals surface area contributed by atoms with Crippen molar-refractivity contribution < 1.29 is 19.1 Å². The standard InChI is InChI=1S/C25H24N4O4/c1-3-32-25(31)20-16-26-29(22-15-17(2)19-11-7-8-12-21(19)27-22)24(20)28-23(30)13-14-33-18-9-5-4-6-10-18/h4-12,15-16H,3,13-14H2,1-2H3,(H,28,30). The maximum atomic E-state index is 12.7. The first-order valence-electron chi connectivity index (χ1n) is 10.7. The molecule has 0 spiro atoms. The maximum absolute atomic E-state index is 12.7. The summed E-state index contributed by atoms with van der Waals surface area (Å²) >= 11 is 0. The van der Waals surface area contributed by atoms with Crippen LogP contribution in [-0.2, 0) is 9.53 Å². The van der Waals surface area contributed by atoms with Crippen LogP contribution in [0.5, 0.6) is 5.75 Å². The number of amides is 1. The van der Waals surface area contributed by atoms with Gasteiger partial charge in [0.05, 0.1) is 31.3 Å². The lowest BCUT2D eigenvalue weighted by Crippen LogP contribution is -2.20. The molecule has 8 heteroatoms. The summed E-state index contributed by atoms with van der Waals surface area (Å²) in [6, 6.07) is 18.9. The molecule has 0 unspecified atom stereocenters. The van der Waals surface area contributed by atoms with Gasteiger partial charge in [0.2, 0.25) is 5.91 Å². The van der Waals surface area contributed by atoms with E-state index in [0.29, 0.717) is 11.6 Å². The molecule has 0 aliphatic heterocycles. The van der Waals surface area contributed by atoms with Crippen LogP contribution in [0.4, 0.5) is 5.82 Å². The largest absolute Gasteiger partial charge is 0.493 e. The van der Waals surface area contributed by atoms with E-state index in [1.165, 1.54) is 10.9 Å². The average Bonchev–Trinajstić information content (AvgIpc) is 3.23. The number of esters is 1. The van der Waals surface area contributed by atoms with Gasteiger partial charge in [0, 0.05) is 5.39 Å². The Morgan fingerprint density at radius 3 is 2.61 bits per heavy atom. The fourth-order valence-electron chi connectivity index (χ4n) is 3.41. The highest BCUT2D eigenvalue weighted by Crippen LogP contribution is 2.24. The lowest BCUT2D eigenvalue weighted by molar-refractivity contribution is -0.116. The molecular formula is C25H24N4O4. The molecule has 1 amide bonds. The smallest absolute Gasteiger partial charge is 0.343 e. The van der Waals surface area contributed by atoms with E-state index >= 15 is 0 Å². The average molecular weight is 444 g/mol. The minimum atomic E-state index is -0.572. The molecule has 4 aromatic rings. The molecule has 1 N–H and O–H groups in total. The summed E-state index contributed by atoms with van der Waals surface area (Å²) in [4.78, 5) is 29.9. The maximum Gasteiger partial charge on any atom is 0.343 e. The molecule has 0 atom stereocenters. The Balaban J connectivity index is 1.61. The monoisotopic (exact) mass is 444 g/mol. The number of hydrogen-bond acceptors (Lipinski definition) is 6. The lowest BCUT2D eigenvalue weighted by atomic mass is 10.1. The third-order valence-corrected chi connectivity index (χ3v) is 4.99. The van der Waals surface area contributed by atoms with Crippen LogP contribution in [0, 0.1) is 6.92 Å². The van der Waals surface area contributed by atoms with Gasteiger partial charge in [0.25, 0.3) is 0 Å². The Kier molecular flexibility index (Phi) is 6.64. The highest BCUT2D eigenvalue weighted by Gasteiger charge is 2.22. The van der Waals surface area contributed by atoms with E-state index in [2.05, 4.69) is 15.4 Å².